The Labute approximate surface area is 130 Å². The van der Waals surface area contributed by atoms with E-state index in [1.165, 1.54) is 29.7 Å². The number of aryl methyl sites for hydroxylation is 1. The Balaban J connectivity index is 1.81. The molecule has 1 aromatic heterocycles. The predicted octanol–water partition coefficient (Wildman–Crippen LogP) is 4.61. The Morgan fingerprint density at radius 1 is 1.33 bits per heavy atom. The third-order valence-electron chi connectivity index (χ3n) is 3.69. The Hall–Kier alpha value is -1.68. The molecule has 0 aliphatic heterocycles. The molecule has 1 aromatic carbocycles. The molecule has 0 spiro atoms. The summed E-state index contributed by atoms with van der Waals surface area (Å²) in [7, 11) is 0. The summed E-state index contributed by atoms with van der Waals surface area (Å²) >= 11 is 1.87. The van der Waals surface area contributed by atoms with Gasteiger partial charge >= 0.3 is 0 Å². The number of rotatable bonds is 4. The van der Waals surface area contributed by atoms with Crippen LogP contribution in [0.25, 0.3) is 0 Å². The molecule has 0 saturated carbocycles. The third kappa shape index (κ3) is 3.32. The van der Waals surface area contributed by atoms with Gasteiger partial charge in [-0.2, -0.15) is 0 Å². The molecule has 1 unspecified atom stereocenters. The van der Waals surface area contributed by atoms with Crippen molar-refractivity contribution in [1.29, 1.82) is 0 Å². The molecule has 3 nitrogen and oxygen atoms in total. The van der Waals surface area contributed by atoms with Gasteiger partial charge in [0.25, 0.3) is 0 Å². The van der Waals surface area contributed by atoms with Gasteiger partial charge in [-0.3, -0.25) is 0 Å². The number of hydrogen-bond acceptors (Lipinski definition) is 4. The average Bonchev–Trinajstić information content (AvgIpc) is 2.86. The first-order valence-corrected chi connectivity index (χ1v) is 8.40. The van der Waals surface area contributed by atoms with Crippen LogP contribution in [0.15, 0.2) is 29.6 Å². The quantitative estimate of drug-likeness (QED) is 0.811. The molecular weight excluding hydrogens is 280 g/mol. The Bertz CT molecular complexity index is 621. The van der Waals surface area contributed by atoms with E-state index in [0.29, 0.717) is 6.04 Å². The SMILES string of the molecule is CC(C)Oc1cc(N)cc(NC2CCCc3sccc32)c1. The molecule has 4 heteroatoms. The fraction of sp³-hybridized carbons (Fsp3) is 0.412. The second-order valence-corrected chi connectivity index (χ2v) is 6.85. The van der Waals surface area contributed by atoms with Crippen molar-refractivity contribution in [3.8, 4) is 5.75 Å². The summed E-state index contributed by atoms with van der Waals surface area (Å²) in [5, 5.41) is 5.82. The van der Waals surface area contributed by atoms with Crippen molar-refractivity contribution in [1.82, 2.24) is 0 Å². The van der Waals surface area contributed by atoms with Gasteiger partial charge in [0.15, 0.2) is 0 Å². The Morgan fingerprint density at radius 3 is 3.00 bits per heavy atom. The molecule has 112 valence electrons. The van der Waals surface area contributed by atoms with Crippen LogP contribution in [0.4, 0.5) is 11.4 Å². The minimum absolute atomic E-state index is 0.151. The van der Waals surface area contributed by atoms with E-state index in [0.717, 1.165) is 17.1 Å². The maximum absolute atomic E-state index is 6.00. The highest BCUT2D eigenvalue weighted by Gasteiger charge is 2.21. The van der Waals surface area contributed by atoms with Crippen molar-refractivity contribution in [2.75, 3.05) is 11.1 Å². The normalized spacial score (nSPS) is 17.6. The minimum atomic E-state index is 0.151. The van der Waals surface area contributed by atoms with Crippen molar-refractivity contribution in [2.24, 2.45) is 0 Å². The van der Waals surface area contributed by atoms with Gasteiger partial charge in [0.1, 0.15) is 5.75 Å². The first kappa shape index (κ1) is 14.3. The lowest BCUT2D eigenvalue weighted by molar-refractivity contribution is 0.242. The highest BCUT2D eigenvalue weighted by molar-refractivity contribution is 7.10. The smallest absolute Gasteiger partial charge is 0.123 e. The van der Waals surface area contributed by atoms with Crippen LogP contribution in [0.3, 0.4) is 0 Å². The lowest BCUT2D eigenvalue weighted by Gasteiger charge is -2.25. The molecule has 0 bridgehead atoms. The van der Waals surface area contributed by atoms with Gasteiger partial charge in [0.05, 0.1) is 12.1 Å². The highest BCUT2D eigenvalue weighted by Crippen LogP contribution is 2.36. The summed E-state index contributed by atoms with van der Waals surface area (Å²) in [6.07, 6.45) is 3.77. The van der Waals surface area contributed by atoms with Crippen LogP contribution in [0.2, 0.25) is 0 Å². The van der Waals surface area contributed by atoms with E-state index in [4.69, 9.17) is 10.5 Å². The molecule has 3 rings (SSSR count). The molecule has 3 N–H and O–H groups in total. The number of ether oxygens (including phenoxy) is 1. The van der Waals surface area contributed by atoms with Crippen LogP contribution in [-0.2, 0) is 6.42 Å². The van der Waals surface area contributed by atoms with Crippen LogP contribution >= 0.6 is 11.3 Å². The molecule has 0 saturated heterocycles. The van der Waals surface area contributed by atoms with Crippen molar-refractivity contribution >= 4 is 22.7 Å². The van der Waals surface area contributed by atoms with E-state index in [9.17, 15) is 0 Å². The van der Waals surface area contributed by atoms with E-state index in [1.807, 2.05) is 43.4 Å². The second kappa shape index (κ2) is 5.98. The number of thiophene rings is 1. The van der Waals surface area contributed by atoms with Crippen LogP contribution in [0.5, 0.6) is 5.75 Å². The average molecular weight is 302 g/mol. The van der Waals surface area contributed by atoms with Gasteiger partial charge in [0.2, 0.25) is 0 Å². The molecule has 1 heterocycles. The van der Waals surface area contributed by atoms with E-state index in [-0.39, 0.29) is 6.10 Å². The maximum Gasteiger partial charge on any atom is 0.123 e. The largest absolute Gasteiger partial charge is 0.491 e. The van der Waals surface area contributed by atoms with Crippen molar-refractivity contribution in [3.05, 3.63) is 40.1 Å². The lowest BCUT2D eigenvalue weighted by Crippen LogP contribution is -2.16. The molecule has 1 aliphatic rings. The summed E-state index contributed by atoms with van der Waals surface area (Å²) in [6.45, 7) is 4.05. The molecule has 1 aliphatic carbocycles. The third-order valence-corrected chi connectivity index (χ3v) is 4.69. The van der Waals surface area contributed by atoms with Gasteiger partial charge in [0, 0.05) is 28.4 Å². The van der Waals surface area contributed by atoms with Gasteiger partial charge in [-0.25, -0.2) is 0 Å². The lowest BCUT2D eigenvalue weighted by atomic mass is 9.94. The molecule has 0 radical (unpaired) electrons. The van der Waals surface area contributed by atoms with Crippen LogP contribution < -0.4 is 15.8 Å². The summed E-state index contributed by atoms with van der Waals surface area (Å²) in [6, 6.07) is 8.52. The van der Waals surface area contributed by atoms with Crippen molar-refractivity contribution < 1.29 is 4.74 Å². The number of fused-ring (bicyclic) bond motifs is 1. The highest BCUT2D eigenvalue weighted by atomic mass is 32.1. The van der Waals surface area contributed by atoms with Crippen molar-refractivity contribution in [3.63, 3.8) is 0 Å². The van der Waals surface area contributed by atoms with Gasteiger partial charge in [-0.05, 0) is 56.2 Å². The summed E-state index contributed by atoms with van der Waals surface area (Å²) in [5.41, 5.74) is 9.21. The molecule has 21 heavy (non-hydrogen) atoms. The standard InChI is InChI=1S/C17H22N2OS/c1-11(2)20-14-9-12(18)8-13(10-14)19-16-4-3-5-17-15(16)6-7-21-17/h6-11,16,19H,3-5,18H2,1-2H3. The monoisotopic (exact) mass is 302 g/mol. The first-order valence-electron chi connectivity index (χ1n) is 7.52. The predicted molar refractivity (Wildman–Crippen MR) is 90.2 cm³/mol. The topological polar surface area (TPSA) is 47.3 Å². The van der Waals surface area contributed by atoms with Crippen LogP contribution in [0, 0.1) is 0 Å². The maximum atomic E-state index is 6.00. The zero-order valence-electron chi connectivity index (χ0n) is 12.6. The number of nitrogens with one attached hydrogen (secondary N) is 1. The van der Waals surface area contributed by atoms with E-state index in [1.54, 1.807) is 0 Å². The molecule has 0 fully saturated rings. The fourth-order valence-corrected chi connectivity index (χ4v) is 3.87. The van der Waals surface area contributed by atoms with Crippen LogP contribution in [-0.4, -0.2) is 6.10 Å². The number of anilines is 2. The number of benzene rings is 1. The van der Waals surface area contributed by atoms with E-state index < -0.39 is 0 Å². The van der Waals surface area contributed by atoms with E-state index >= 15 is 0 Å². The Kier molecular flexibility index (Phi) is 4.06. The van der Waals surface area contributed by atoms with Gasteiger partial charge in [-0.1, -0.05) is 0 Å². The molecule has 0 amide bonds. The first-order chi connectivity index (χ1) is 10.1. The van der Waals surface area contributed by atoms with Crippen molar-refractivity contribution in [2.45, 2.75) is 45.3 Å². The number of nitrogen functional groups attached to an aromatic ring is 1. The second-order valence-electron chi connectivity index (χ2n) is 5.85. The zero-order chi connectivity index (χ0) is 14.8. The summed E-state index contributed by atoms with van der Waals surface area (Å²) < 4.78 is 5.76. The molecular formula is C17H22N2OS. The molecule has 1 atom stereocenters. The fourth-order valence-electron chi connectivity index (χ4n) is 2.88. The summed E-state index contributed by atoms with van der Waals surface area (Å²) in [5.74, 6) is 0.828. The number of nitrogens with two attached hydrogens (primary N) is 1. The van der Waals surface area contributed by atoms with E-state index in [2.05, 4.69) is 16.8 Å². The van der Waals surface area contributed by atoms with Crippen LogP contribution in [0.1, 0.15) is 43.2 Å². The summed E-state index contributed by atoms with van der Waals surface area (Å²) in [4.78, 5) is 1.52. The van der Waals surface area contributed by atoms with Gasteiger partial charge in [-0.15, -0.1) is 11.3 Å². The van der Waals surface area contributed by atoms with Gasteiger partial charge < -0.3 is 15.8 Å². The zero-order valence-corrected chi connectivity index (χ0v) is 13.4. The molecule has 2 aromatic rings. The minimum Gasteiger partial charge on any atom is -0.491 e. The Morgan fingerprint density at radius 2 is 2.19 bits per heavy atom. The number of hydrogen-bond donors (Lipinski definition) is 2.